The Kier molecular flexibility index (Phi) is 4.01. The highest BCUT2D eigenvalue weighted by Gasteiger charge is 2.18. The van der Waals surface area contributed by atoms with E-state index in [0.717, 1.165) is 11.3 Å². The number of carbonyl (C=O) groups is 1. The smallest absolute Gasteiger partial charge is 0.360 e. The van der Waals surface area contributed by atoms with Crippen LogP contribution in [0.15, 0.2) is 24.3 Å². The molecule has 0 saturated carbocycles. The minimum Gasteiger partial charge on any atom is -0.464 e. The molecule has 2 aromatic rings. The second-order valence-corrected chi connectivity index (χ2v) is 4.08. The number of benzene rings is 1. The molecule has 0 atom stereocenters. The van der Waals surface area contributed by atoms with Crippen molar-refractivity contribution < 1.29 is 9.53 Å². The Balaban J connectivity index is 2.17. The van der Waals surface area contributed by atoms with Crippen LogP contribution in [0.3, 0.4) is 0 Å². The summed E-state index contributed by atoms with van der Waals surface area (Å²) in [5, 5.41) is 10.8. The van der Waals surface area contributed by atoms with Crippen molar-refractivity contribution in [1.29, 1.82) is 0 Å². The maximum Gasteiger partial charge on any atom is 0.360 e. The third-order valence-electron chi connectivity index (χ3n) is 2.81. The van der Waals surface area contributed by atoms with Crippen LogP contribution in [0.4, 0.5) is 5.69 Å². The first kappa shape index (κ1) is 13.6. The van der Waals surface area contributed by atoms with Crippen LogP contribution in [0.5, 0.6) is 0 Å². The first-order valence-corrected chi connectivity index (χ1v) is 5.93. The summed E-state index contributed by atoms with van der Waals surface area (Å²) in [5.41, 5.74) is 2.49. The van der Waals surface area contributed by atoms with Gasteiger partial charge in [-0.15, -0.1) is 11.5 Å². The number of hydrogen-bond donors (Lipinski definition) is 1. The molecule has 6 nitrogen and oxygen atoms in total. The number of aryl methyl sites for hydroxylation is 1. The van der Waals surface area contributed by atoms with E-state index in [9.17, 15) is 4.79 Å². The van der Waals surface area contributed by atoms with Crippen LogP contribution in [-0.2, 0) is 18.3 Å². The number of rotatable bonds is 4. The van der Waals surface area contributed by atoms with Gasteiger partial charge in [-0.3, -0.25) is 0 Å². The number of terminal acetylenes is 1. The molecule has 0 amide bonds. The number of methoxy groups -OCH3 is 1. The number of carbonyl (C=O) groups excluding carboxylic acids is 1. The zero-order chi connectivity index (χ0) is 14.5. The molecule has 0 aliphatic rings. The van der Waals surface area contributed by atoms with E-state index < -0.39 is 5.97 Å². The van der Waals surface area contributed by atoms with Gasteiger partial charge in [0, 0.05) is 18.3 Å². The topological polar surface area (TPSA) is 69.0 Å². The summed E-state index contributed by atoms with van der Waals surface area (Å²) in [6.07, 6.45) is 5.35. The molecule has 0 aliphatic carbocycles. The molecule has 6 heteroatoms. The molecule has 1 aromatic carbocycles. The van der Waals surface area contributed by atoms with Crippen LogP contribution in [0, 0.1) is 12.3 Å². The quantitative estimate of drug-likeness (QED) is 0.667. The number of ether oxygens (including phenoxy) is 1. The lowest BCUT2D eigenvalue weighted by Gasteiger charge is -2.07. The molecule has 0 saturated heterocycles. The largest absolute Gasteiger partial charge is 0.464 e. The van der Waals surface area contributed by atoms with Crippen molar-refractivity contribution in [1.82, 2.24) is 15.0 Å². The van der Waals surface area contributed by atoms with Crippen molar-refractivity contribution in [2.45, 2.75) is 6.54 Å². The Morgan fingerprint density at radius 2 is 2.35 bits per heavy atom. The van der Waals surface area contributed by atoms with Gasteiger partial charge < -0.3 is 10.1 Å². The Labute approximate surface area is 116 Å². The van der Waals surface area contributed by atoms with Gasteiger partial charge in [0.25, 0.3) is 0 Å². The van der Waals surface area contributed by atoms with Gasteiger partial charge in [0.1, 0.15) is 0 Å². The fourth-order valence-electron chi connectivity index (χ4n) is 1.73. The van der Waals surface area contributed by atoms with Gasteiger partial charge in [-0.25, -0.2) is 9.48 Å². The second kappa shape index (κ2) is 5.89. The van der Waals surface area contributed by atoms with E-state index in [4.69, 9.17) is 6.42 Å². The lowest BCUT2D eigenvalue weighted by molar-refractivity contribution is 0.0592. The van der Waals surface area contributed by atoms with Crippen LogP contribution in [0.25, 0.3) is 0 Å². The Hall–Kier alpha value is -2.81. The Bertz CT molecular complexity index is 670. The standard InChI is InChI=1S/C14H14N4O2/c1-4-10-6-5-7-11(8-10)15-9-12-13(14(19)20-3)16-17-18(12)2/h1,5-8,15H,9H2,2-3H3. The molecule has 102 valence electrons. The Morgan fingerprint density at radius 3 is 3.05 bits per heavy atom. The number of aromatic nitrogens is 3. The van der Waals surface area contributed by atoms with E-state index in [1.165, 1.54) is 11.8 Å². The molecule has 1 aromatic heterocycles. The summed E-state index contributed by atoms with van der Waals surface area (Å²) >= 11 is 0. The minimum atomic E-state index is -0.507. The molecule has 0 fully saturated rings. The highest BCUT2D eigenvalue weighted by atomic mass is 16.5. The molecule has 2 rings (SSSR count). The molecule has 0 radical (unpaired) electrons. The third kappa shape index (κ3) is 2.78. The summed E-state index contributed by atoms with van der Waals surface area (Å²) < 4.78 is 6.20. The zero-order valence-electron chi connectivity index (χ0n) is 11.3. The third-order valence-corrected chi connectivity index (χ3v) is 2.81. The first-order valence-electron chi connectivity index (χ1n) is 5.93. The summed E-state index contributed by atoms with van der Waals surface area (Å²) in [5.74, 6) is 2.06. The van der Waals surface area contributed by atoms with Crippen LogP contribution < -0.4 is 5.32 Å². The fraction of sp³-hybridized carbons (Fsp3) is 0.214. The molecule has 1 N–H and O–H groups in total. The fourth-order valence-corrected chi connectivity index (χ4v) is 1.73. The van der Waals surface area contributed by atoms with Crippen molar-refractivity contribution in [3.05, 3.63) is 41.2 Å². The van der Waals surface area contributed by atoms with Gasteiger partial charge in [-0.05, 0) is 18.2 Å². The second-order valence-electron chi connectivity index (χ2n) is 4.08. The molecule has 0 unspecified atom stereocenters. The average molecular weight is 270 g/mol. The van der Waals surface area contributed by atoms with E-state index in [0.29, 0.717) is 12.2 Å². The van der Waals surface area contributed by atoms with Crippen LogP contribution >= 0.6 is 0 Å². The predicted molar refractivity (Wildman–Crippen MR) is 74.0 cm³/mol. The summed E-state index contributed by atoms with van der Waals surface area (Å²) in [6.45, 7) is 0.391. The van der Waals surface area contributed by atoms with Gasteiger partial charge in [-0.1, -0.05) is 17.2 Å². The van der Waals surface area contributed by atoms with Crippen molar-refractivity contribution in [3.63, 3.8) is 0 Å². The molecule has 20 heavy (non-hydrogen) atoms. The minimum absolute atomic E-state index is 0.204. The van der Waals surface area contributed by atoms with Crippen LogP contribution in [0.2, 0.25) is 0 Å². The predicted octanol–water partition coefficient (Wildman–Crippen LogP) is 1.20. The summed E-state index contributed by atoms with van der Waals surface area (Å²) in [7, 11) is 3.03. The van der Waals surface area contributed by atoms with E-state index in [-0.39, 0.29) is 5.69 Å². The number of nitrogens with one attached hydrogen (secondary N) is 1. The molecule has 0 bridgehead atoms. The number of esters is 1. The molecule has 0 spiro atoms. The van der Waals surface area contributed by atoms with E-state index >= 15 is 0 Å². The van der Waals surface area contributed by atoms with E-state index in [1.54, 1.807) is 7.05 Å². The molecule has 0 aliphatic heterocycles. The van der Waals surface area contributed by atoms with Crippen molar-refractivity contribution >= 4 is 11.7 Å². The highest BCUT2D eigenvalue weighted by molar-refractivity contribution is 5.88. The van der Waals surface area contributed by atoms with E-state index in [2.05, 4.69) is 26.3 Å². The summed E-state index contributed by atoms with van der Waals surface area (Å²) in [6, 6.07) is 7.45. The first-order chi connectivity index (χ1) is 9.65. The number of hydrogen-bond acceptors (Lipinski definition) is 5. The van der Waals surface area contributed by atoms with Crippen molar-refractivity contribution in [3.8, 4) is 12.3 Å². The number of nitrogens with zero attached hydrogens (tertiary/aromatic N) is 3. The van der Waals surface area contributed by atoms with Gasteiger partial charge in [0.2, 0.25) is 0 Å². The summed E-state index contributed by atoms with van der Waals surface area (Å²) in [4.78, 5) is 11.6. The highest BCUT2D eigenvalue weighted by Crippen LogP contribution is 2.13. The molecule has 1 heterocycles. The van der Waals surface area contributed by atoms with Crippen molar-refractivity contribution in [2.24, 2.45) is 7.05 Å². The van der Waals surface area contributed by atoms with Crippen LogP contribution in [-0.4, -0.2) is 28.1 Å². The van der Waals surface area contributed by atoms with Crippen molar-refractivity contribution in [2.75, 3.05) is 12.4 Å². The van der Waals surface area contributed by atoms with Gasteiger partial charge in [0.15, 0.2) is 5.69 Å². The molecular formula is C14H14N4O2. The maximum atomic E-state index is 11.6. The van der Waals surface area contributed by atoms with Gasteiger partial charge >= 0.3 is 5.97 Å². The van der Waals surface area contributed by atoms with Gasteiger partial charge in [0.05, 0.1) is 19.3 Å². The maximum absolute atomic E-state index is 11.6. The lowest BCUT2D eigenvalue weighted by atomic mass is 10.2. The monoisotopic (exact) mass is 270 g/mol. The average Bonchev–Trinajstić information content (AvgIpc) is 2.85. The zero-order valence-corrected chi connectivity index (χ0v) is 11.3. The number of anilines is 1. The van der Waals surface area contributed by atoms with E-state index in [1.807, 2.05) is 24.3 Å². The Morgan fingerprint density at radius 1 is 1.55 bits per heavy atom. The SMILES string of the molecule is C#Cc1cccc(NCc2c(C(=O)OC)nnn2C)c1. The van der Waals surface area contributed by atoms with Crippen LogP contribution in [0.1, 0.15) is 21.7 Å². The normalized spacial score (nSPS) is 9.85. The molecular weight excluding hydrogens is 256 g/mol. The van der Waals surface area contributed by atoms with Gasteiger partial charge in [-0.2, -0.15) is 0 Å². The lowest BCUT2D eigenvalue weighted by Crippen LogP contribution is -2.11.